The van der Waals surface area contributed by atoms with Gasteiger partial charge in [0.05, 0.1) is 18.3 Å². The maximum absolute atomic E-state index is 12.6. The Morgan fingerprint density at radius 3 is 2.77 bits per heavy atom. The van der Waals surface area contributed by atoms with Crippen molar-refractivity contribution in [2.45, 2.75) is 11.4 Å². The van der Waals surface area contributed by atoms with E-state index in [2.05, 4.69) is 15.5 Å². The molecule has 16 heteroatoms. The molecule has 1 aromatic heterocycles. The number of aliphatic hydroxyl groups is 1. The number of carboxylic acid groups (broad SMARTS) is 1. The fourth-order valence-electron chi connectivity index (χ4n) is 2.72. The Hall–Kier alpha value is -1.26. The number of carbonyl (C=O) groups is 3. The Balaban J connectivity index is 0.00000341. The number of carbonyl (C=O) groups excluding carboxylic acids is 3. The van der Waals surface area contributed by atoms with Crippen LogP contribution in [0.2, 0.25) is 4.34 Å². The van der Waals surface area contributed by atoms with Crippen molar-refractivity contribution >= 4 is 75.1 Å². The third-order valence-electron chi connectivity index (χ3n) is 3.97. The van der Waals surface area contributed by atoms with E-state index in [-0.39, 0.29) is 62.8 Å². The maximum atomic E-state index is 12.6. The van der Waals surface area contributed by atoms with E-state index in [1.165, 1.54) is 23.2 Å². The fraction of sp³-hybridized carbons (Fsp3) is 0.267. The number of rotatable bonds is 7. The summed E-state index contributed by atoms with van der Waals surface area (Å²) in [4.78, 5) is 41.9. The number of β-lactam (4-membered cyclic amide) rings is 1. The summed E-state index contributed by atoms with van der Waals surface area (Å²) in [6, 6.07) is -1.05. The second-order valence-corrected chi connectivity index (χ2v) is 9.45. The van der Waals surface area contributed by atoms with Gasteiger partial charge in [0, 0.05) is 10.7 Å². The Bertz CT molecular complexity index is 1000. The fourth-order valence-corrected chi connectivity index (χ4v) is 5.96. The number of thioether (sulfide) groups is 2. The van der Waals surface area contributed by atoms with E-state index < -0.39 is 34.9 Å². The van der Waals surface area contributed by atoms with Crippen molar-refractivity contribution in [1.29, 1.82) is 0 Å². The minimum absolute atomic E-state index is 0. The number of aliphatic carboxylic acids is 1. The summed E-state index contributed by atoms with van der Waals surface area (Å²) in [5.74, 6) is -2.86. The van der Waals surface area contributed by atoms with Crippen molar-refractivity contribution in [3.05, 3.63) is 32.1 Å². The van der Waals surface area contributed by atoms with Gasteiger partial charge in [-0.2, -0.15) is 0 Å². The van der Waals surface area contributed by atoms with Crippen LogP contribution in [0.5, 0.6) is 0 Å². The van der Waals surface area contributed by atoms with E-state index in [1.807, 2.05) is 0 Å². The number of fused-ring (bicyclic) bond motifs is 1. The summed E-state index contributed by atoms with van der Waals surface area (Å²) in [5, 5.41) is 35.8. The van der Waals surface area contributed by atoms with Gasteiger partial charge in [-0.15, -0.1) is 11.8 Å². The Kier molecular flexibility index (Phi) is 9.27. The second-order valence-electron chi connectivity index (χ2n) is 5.72. The average Bonchev–Trinajstić information content (AvgIpc) is 3.03. The van der Waals surface area contributed by atoms with Crippen LogP contribution in [0.3, 0.4) is 0 Å². The number of anilines is 1. The number of nitrogen functional groups attached to an aromatic ring is 1. The van der Waals surface area contributed by atoms with Crippen LogP contribution in [0.25, 0.3) is 0 Å². The van der Waals surface area contributed by atoms with Crippen LogP contribution in [-0.2, 0) is 14.4 Å². The summed E-state index contributed by atoms with van der Waals surface area (Å²) in [5.41, 5.74) is 4.58. The van der Waals surface area contributed by atoms with Crippen LogP contribution < -0.4 is 45.7 Å². The summed E-state index contributed by atoms with van der Waals surface area (Å²) in [6.07, 6.45) is 1.42. The number of carboxylic acids is 1. The molecule has 0 saturated carbocycles. The van der Waals surface area contributed by atoms with E-state index in [0.29, 0.717) is 4.91 Å². The average molecular weight is 514 g/mol. The van der Waals surface area contributed by atoms with Gasteiger partial charge in [-0.3, -0.25) is 14.5 Å². The summed E-state index contributed by atoms with van der Waals surface area (Å²) < 4.78 is 0.0313. The van der Waals surface area contributed by atoms with E-state index in [1.54, 1.807) is 0 Å². The molecule has 0 aliphatic carbocycles. The van der Waals surface area contributed by atoms with Gasteiger partial charge >= 0.3 is 29.6 Å². The van der Waals surface area contributed by atoms with Gasteiger partial charge in [-0.05, 0) is 5.41 Å². The zero-order valence-electron chi connectivity index (χ0n) is 15.8. The molecule has 0 spiro atoms. The van der Waals surface area contributed by atoms with Crippen LogP contribution in [0.1, 0.15) is 5.69 Å². The molecule has 31 heavy (non-hydrogen) atoms. The molecule has 0 radical (unpaired) electrons. The summed E-state index contributed by atoms with van der Waals surface area (Å²) in [7, 11) is 0. The largest absolute Gasteiger partial charge is 1.00 e. The van der Waals surface area contributed by atoms with Crippen LogP contribution in [-0.4, -0.2) is 67.5 Å². The van der Waals surface area contributed by atoms with Gasteiger partial charge < -0.3 is 31.3 Å². The van der Waals surface area contributed by atoms with Gasteiger partial charge in [0.1, 0.15) is 21.4 Å². The summed E-state index contributed by atoms with van der Waals surface area (Å²) >= 11 is 9.10. The maximum Gasteiger partial charge on any atom is 1.00 e. The number of nitrogens with zero attached hydrogens (tertiary/aromatic N) is 3. The number of oxime groups is 1. The van der Waals surface area contributed by atoms with E-state index in [4.69, 9.17) is 22.4 Å². The molecule has 2 aliphatic rings. The molecule has 2 atom stereocenters. The third kappa shape index (κ3) is 5.22. The molecule has 1 aromatic rings. The van der Waals surface area contributed by atoms with Gasteiger partial charge in [-0.25, -0.2) is 4.98 Å². The van der Waals surface area contributed by atoms with Crippen molar-refractivity contribution in [3.8, 4) is 0 Å². The number of nitrogens with two attached hydrogens (primary N) is 1. The van der Waals surface area contributed by atoms with Crippen LogP contribution in [0.15, 0.2) is 27.2 Å². The second kappa shape index (κ2) is 11.0. The molecule has 1 saturated heterocycles. The standard InChI is InChI=1S/C15H14ClN5O6S3.Na/c16-10-6(19-15(17)30-10)7(20-27)11(23)18-8-12(24)21-9(14(25)26)5(4-29-13(8)21)28-3-1-2-22;/h1,3,8,13,22,27H,2,4H2,(H2,17,19)(H,18,23)(H,25,26);/q;+1/p-1/b3-1-,20-7-;/t8?,13-;/m1./s1. The first kappa shape index (κ1) is 26.0. The minimum Gasteiger partial charge on any atom is -0.543 e. The zero-order chi connectivity index (χ0) is 22.0. The first-order valence-electron chi connectivity index (χ1n) is 8.06. The number of hydrogen-bond donors (Lipinski definition) is 4. The summed E-state index contributed by atoms with van der Waals surface area (Å²) in [6.45, 7) is -0.211. The van der Waals surface area contributed by atoms with Crippen LogP contribution >= 0.6 is 46.5 Å². The molecule has 3 rings (SSSR count). The number of thiazole rings is 1. The Morgan fingerprint density at radius 2 is 2.23 bits per heavy atom. The first-order valence-corrected chi connectivity index (χ1v) is 11.2. The quantitative estimate of drug-likeness (QED) is 0.0926. The van der Waals surface area contributed by atoms with Gasteiger partial charge in [-0.1, -0.05) is 45.9 Å². The van der Waals surface area contributed by atoms with Crippen molar-refractivity contribution in [1.82, 2.24) is 15.2 Å². The van der Waals surface area contributed by atoms with E-state index in [9.17, 15) is 24.7 Å². The van der Waals surface area contributed by atoms with Crippen LogP contribution in [0.4, 0.5) is 5.13 Å². The molecule has 11 nitrogen and oxygen atoms in total. The number of amides is 2. The molecule has 0 aromatic carbocycles. The molecular weight excluding hydrogens is 501 g/mol. The monoisotopic (exact) mass is 513 g/mol. The topological polar surface area (TPSA) is 181 Å². The Morgan fingerprint density at radius 1 is 1.52 bits per heavy atom. The Labute approximate surface area is 215 Å². The van der Waals surface area contributed by atoms with E-state index in [0.717, 1.165) is 28.0 Å². The van der Waals surface area contributed by atoms with Crippen molar-refractivity contribution in [2.75, 3.05) is 18.1 Å². The zero-order valence-corrected chi connectivity index (χ0v) is 21.0. The molecule has 1 fully saturated rings. The molecule has 160 valence electrons. The normalized spacial score (nSPS) is 20.9. The number of aromatic nitrogens is 1. The first-order chi connectivity index (χ1) is 14.3. The third-order valence-corrected chi connectivity index (χ3v) is 7.46. The number of aliphatic hydroxyl groups excluding tert-OH is 1. The van der Waals surface area contributed by atoms with Gasteiger partial charge in [0.15, 0.2) is 10.8 Å². The molecule has 5 N–H and O–H groups in total. The van der Waals surface area contributed by atoms with Crippen molar-refractivity contribution in [2.24, 2.45) is 5.16 Å². The molecule has 1 unspecified atom stereocenters. The van der Waals surface area contributed by atoms with Crippen molar-refractivity contribution < 1.29 is 59.4 Å². The molecule has 2 aliphatic heterocycles. The predicted octanol–water partition coefficient (Wildman–Crippen LogP) is -3.84. The van der Waals surface area contributed by atoms with Crippen molar-refractivity contribution in [3.63, 3.8) is 0 Å². The molecule has 2 amide bonds. The van der Waals surface area contributed by atoms with E-state index >= 15 is 0 Å². The minimum atomic E-state index is -1.53. The molecular formula is C15H13ClN5NaO6S3. The smallest absolute Gasteiger partial charge is 0.543 e. The van der Waals surface area contributed by atoms with Gasteiger partial charge in [0.25, 0.3) is 11.8 Å². The molecule has 3 heterocycles. The number of halogens is 1. The number of hydrogen-bond acceptors (Lipinski definition) is 12. The predicted molar refractivity (Wildman–Crippen MR) is 111 cm³/mol. The number of nitrogens with one attached hydrogen (secondary N) is 1. The van der Waals surface area contributed by atoms with Gasteiger partial charge in [0.2, 0.25) is 0 Å². The van der Waals surface area contributed by atoms with Crippen LogP contribution in [0, 0.1) is 0 Å². The molecule has 0 bridgehead atoms. The SMILES string of the molecule is Nc1nc(/C(=N/O)C(=O)NC2C(=O)N3C(C(=O)[O-])=C(S/C=C\CO)CS[C@H]23)c(Cl)s1.[Na+].